The van der Waals surface area contributed by atoms with Crippen LogP contribution >= 0.6 is 11.6 Å². The first-order valence-corrected chi connectivity index (χ1v) is 11.1. The Balaban J connectivity index is 1.27. The Morgan fingerprint density at radius 3 is 2.55 bits per heavy atom. The summed E-state index contributed by atoms with van der Waals surface area (Å²) >= 11 is 6.22. The number of fused-ring (bicyclic) bond motifs is 1. The molecule has 0 saturated carbocycles. The first-order valence-electron chi connectivity index (χ1n) is 10.7. The van der Waals surface area contributed by atoms with Gasteiger partial charge in [0.05, 0.1) is 12.6 Å². The lowest BCUT2D eigenvalue weighted by Crippen LogP contribution is -2.43. The van der Waals surface area contributed by atoms with Crippen LogP contribution in [0.4, 0.5) is 0 Å². The Kier molecular flexibility index (Phi) is 6.78. The van der Waals surface area contributed by atoms with E-state index in [1.165, 1.54) is 0 Å². The van der Waals surface area contributed by atoms with Gasteiger partial charge in [-0.2, -0.15) is 0 Å². The molecule has 4 rings (SSSR count). The van der Waals surface area contributed by atoms with Gasteiger partial charge in [-0.3, -0.25) is 14.5 Å². The number of Topliss-reactive ketones (excluding diaryl/α,β-unsaturated/α-hetero) is 1. The SMILES string of the molecule is CC(NC(=O)CN1CCC(C(=O)c2ccc3c(c2)OCCO3)CC1)c1ccccc1Cl. The van der Waals surface area contributed by atoms with Crippen LogP contribution in [0.2, 0.25) is 5.02 Å². The fourth-order valence-corrected chi connectivity index (χ4v) is 4.48. The highest BCUT2D eigenvalue weighted by Crippen LogP contribution is 2.32. The van der Waals surface area contributed by atoms with Gasteiger partial charge >= 0.3 is 0 Å². The Hall–Kier alpha value is -2.57. The molecular formula is C24H27ClN2O4. The Bertz CT molecular complexity index is 956. The van der Waals surface area contributed by atoms with Gasteiger partial charge < -0.3 is 14.8 Å². The average molecular weight is 443 g/mol. The van der Waals surface area contributed by atoms with E-state index in [2.05, 4.69) is 10.2 Å². The number of piperidine rings is 1. The summed E-state index contributed by atoms with van der Waals surface area (Å²) < 4.78 is 11.1. The van der Waals surface area contributed by atoms with Crippen LogP contribution in [0.1, 0.15) is 41.7 Å². The van der Waals surface area contributed by atoms with Crippen molar-refractivity contribution in [2.75, 3.05) is 32.8 Å². The Morgan fingerprint density at radius 1 is 1.10 bits per heavy atom. The first-order chi connectivity index (χ1) is 15.0. The molecule has 0 aromatic heterocycles. The van der Waals surface area contributed by atoms with Gasteiger partial charge in [0, 0.05) is 16.5 Å². The predicted molar refractivity (Wildman–Crippen MR) is 119 cm³/mol. The molecule has 7 heteroatoms. The number of rotatable bonds is 6. The zero-order chi connectivity index (χ0) is 21.8. The second kappa shape index (κ2) is 9.71. The molecule has 164 valence electrons. The van der Waals surface area contributed by atoms with Gasteiger partial charge in [0.1, 0.15) is 13.2 Å². The van der Waals surface area contributed by atoms with Crippen molar-refractivity contribution in [3.05, 3.63) is 58.6 Å². The largest absolute Gasteiger partial charge is 0.486 e. The van der Waals surface area contributed by atoms with Gasteiger partial charge in [0.25, 0.3) is 0 Å². The van der Waals surface area contributed by atoms with E-state index in [0.717, 1.165) is 31.5 Å². The summed E-state index contributed by atoms with van der Waals surface area (Å²) in [6.45, 7) is 4.71. The fourth-order valence-electron chi connectivity index (χ4n) is 4.18. The van der Waals surface area contributed by atoms with E-state index in [4.69, 9.17) is 21.1 Å². The summed E-state index contributed by atoms with van der Waals surface area (Å²) in [4.78, 5) is 27.5. The normalized spacial score (nSPS) is 17.7. The van der Waals surface area contributed by atoms with Gasteiger partial charge in [-0.25, -0.2) is 0 Å². The zero-order valence-electron chi connectivity index (χ0n) is 17.6. The van der Waals surface area contributed by atoms with Crippen LogP contribution in [-0.2, 0) is 4.79 Å². The molecule has 1 atom stereocenters. The molecule has 2 aliphatic heterocycles. The average Bonchev–Trinajstić information content (AvgIpc) is 2.79. The van der Waals surface area contributed by atoms with Crippen molar-refractivity contribution < 1.29 is 19.1 Å². The van der Waals surface area contributed by atoms with Crippen molar-refractivity contribution in [2.24, 2.45) is 5.92 Å². The Labute approximate surface area is 187 Å². The highest BCUT2D eigenvalue weighted by atomic mass is 35.5. The molecular weight excluding hydrogens is 416 g/mol. The van der Waals surface area contributed by atoms with Crippen molar-refractivity contribution in [1.29, 1.82) is 0 Å². The molecule has 1 fully saturated rings. The van der Waals surface area contributed by atoms with Crippen LogP contribution in [-0.4, -0.2) is 49.4 Å². The molecule has 0 bridgehead atoms. The number of ether oxygens (including phenoxy) is 2. The molecule has 0 radical (unpaired) electrons. The van der Waals surface area contributed by atoms with Gasteiger partial charge in [0.2, 0.25) is 5.91 Å². The lowest BCUT2D eigenvalue weighted by molar-refractivity contribution is -0.123. The van der Waals surface area contributed by atoms with Crippen LogP contribution in [0, 0.1) is 5.92 Å². The molecule has 2 heterocycles. The molecule has 0 aliphatic carbocycles. The second-order valence-electron chi connectivity index (χ2n) is 8.08. The monoisotopic (exact) mass is 442 g/mol. The van der Waals surface area contributed by atoms with E-state index >= 15 is 0 Å². The topological polar surface area (TPSA) is 67.9 Å². The number of likely N-dealkylation sites (tertiary alicyclic amines) is 1. The van der Waals surface area contributed by atoms with E-state index in [1.807, 2.05) is 37.3 Å². The number of carbonyl (C=O) groups is 2. The van der Waals surface area contributed by atoms with E-state index < -0.39 is 0 Å². The molecule has 6 nitrogen and oxygen atoms in total. The van der Waals surface area contributed by atoms with Gasteiger partial charge in [-0.1, -0.05) is 29.8 Å². The summed E-state index contributed by atoms with van der Waals surface area (Å²) in [5.74, 6) is 1.38. The van der Waals surface area contributed by atoms with Crippen LogP contribution in [0.3, 0.4) is 0 Å². The third-order valence-corrected chi connectivity index (χ3v) is 6.25. The number of hydrogen-bond acceptors (Lipinski definition) is 5. The molecule has 1 unspecified atom stereocenters. The minimum Gasteiger partial charge on any atom is -0.486 e. The van der Waals surface area contributed by atoms with Crippen LogP contribution in [0.5, 0.6) is 11.5 Å². The molecule has 2 aromatic carbocycles. The molecule has 1 amide bonds. The third kappa shape index (κ3) is 5.20. The highest BCUT2D eigenvalue weighted by Gasteiger charge is 2.28. The van der Waals surface area contributed by atoms with E-state index in [1.54, 1.807) is 12.1 Å². The quantitative estimate of drug-likeness (QED) is 0.687. The molecule has 1 saturated heterocycles. The van der Waals surface area contributed by atoms with Crippen LogP contribution in [0.25, 0.3) is 0 Å². The predicted octanol–water partition coefficient (Wildman–Crippen LogP) is 3.88. The van der Waals surface area contributed by atoms with Gasteiger partial charge in [0.15, 0.2) is 17.3 Å². The van der Waals surface area contributed by atoms with Crippen molar-refractivity contribution in [1.82, 2.24) is 10.2 Å². The number of carbonyl (C=O) groups excluding carboxylic acids is 2. The zero-order valence-corrected chi connectivity index (χ0v) is 18.4. The number of amides is 1. The maximum Gasteiger partial charge on any atom is 0.234 e. The van der Waals surface area contributed by atoms with Crippen LogP contribution in [0.15, 0.2) is 42.5 Å². The molecule has 2 aromatic rings. The number of halogens is 1. The second-order valence-corrected chi connectivity index (χ2v) is 8.49. The van der Waals surface area contributed by atoms with E-state index in [-0.39, 0.29) is 23.7 Å². The maximum atomic E-state index is 12.9. The summed E-state index contributed by atoms with van der Waals surface area (Å²) in [5.41, 5.74) is 1.57. The number of hydrogen-bond donors (Lipinski definition) is 1. The summed E-state index contributed by atoms with van der Waals surface area (Å²) in [5, 5.41) is 3.66. The molecule has 1 N–H and O–H groups in total. The fraction of sp³-hybridized carbons (Fsp3) is 0.417. The van der Waals surface area contributed by atoms with E-state index in [0.29, 0.717) is 41.8 Å². The van der Waals surface area contributed by atoms with Crippen molar-refractivity contribution in [3.8, 4) is 11.5 Å². The number of benzene rings is 2. The Morgan fingerprint density at radius 2 is 1.81 bits per heavy atom. The van der Waals surface area contributed by atoms with Crippen LogP contribution < -0.4 is 14.8 Å². The third-order valence-electron chi connectivity index (χ3n) is 5.90. The molecule has 2 aliphatic rings. The lowest BCUT2D eigenvalue weighted by Gasteiger charge is -2.31. The number of nitrogens with zero attached hydrogens (tertiary/aromatic N) is 1. The minimum absolute atomic E-state index is 0.0379. The van der Waals surface area contributed by atoms with Crippen molar-refractivity contribution in [2.45, 2.75) is 25.8 Å². The minimum atomic E-state index is -0.157. The first kappa shape index (κ1) is 21.7. The standard InChI is InChI=1S/C24H27ClN2O4/c1-16(19-4-2-3-5-20(19)25)26-23(28)15-27-10-8-17(9-11-27)24(29)18-6-7-21-22(14-18)31-13-12-30-21/h2-7,14,16-17H,8-13,15H2,1H3,(H,26,28). The van der Waals surface area contributed by atoms with Gasteiger partial charge in [-0.05, 0) is 62.7 Å². The number of ketones is 1. The summed E-state index contributed by atoms with van der Waals surface area (Å²) in [6.07, 6.45) is 1.47. The van der Waals surface area contributed by atoms with Crippen molar-refractivity contribution >= 4 is 23.3 Å². The number of nitrogens with one attached hydrogen (secondary N) is 1. The molecule has 31 heavy (non-hydrogen) atoms. The lowest BCUT2D eigenvalue weighted by atomic mass is 9.88. The smallest absolute Gasteiger partial charge is 0.234 e. The summed E-state index contributed by atoms with van der Waals surface area (Å²) in [7, 11) is 0. The van der Waals surface area contributed by atoms with Gasteiger partial charge in [-0.15, -0.1) is 0 Å². The maximum absolute atomic E-state index is 12.9. The summed E-state index contributed by atoms with van der Waals surface area (Å²) in [6, 6.07) is 12.8. The van der Waals surface area contributed by atoms with E-state index in [9.17, 15) is 9.59 Å². The highest BCUT2D eigenvalue weighted by molar-refractivity contribution is 6.31. The van der Waals surface area contributed by atoms with Crippen molar-refractivity contribution in [3.63, 3.8) is 0 Å². The molecule has 0 spiro atoms.